The van der Waals surface area contributed by atoms with Crippen molar-refractivity contribution in [1.29, 1.82) is 0 Å². The van der Waals surface area contributed by atoms with E-state index in [4.69, 9.17) is 4.74 Å². The zero-order valence-electron chi connectivity index (χ0n) is 13.6. The minimum atomic E-state index is -1.29. The molecule has 5 atom stereocenters. The summed E-state index contributed by atoms with van der Waals surface area (Å²) in [6.45, 7) is 5.77. The second kappa shape index (κ2) is 5.26. The summed E-state index contributed by atoms with van der Waals surface area (Å²) in [4.78, 5) is 26.3. The lowest BCUT2D eigenvalue weighted by atomic mass is 9.74. The average molecular weight is 342 g/mol. The highest BCUT2D eigenvalue weighted by Crippen LogP contribution is 2.56. The number of nitrogens with zero attached hydrogens (tertiary/aromatic N) is 1. The van der Waals surface area contributed by atoms with E-state index < -0.39 is 41.4 Å². The number of benzene rings is 1. The van der Waals surface area contributed by atoms with Gasteiger partial charge in [-0.2, -0.15) is 0 Å². The molecule has 1 aromatic carbocycles. The lowest BCUT2D eigenvalue weighted by Gasteiger charge is -2.33. The molecule has 0 radical (unpaired) electrons. The van der Waals surface area contributed by atoms with E-state index in [0.717, 1.165) is 5.57 Å². The highest BCUT2D eigenvalue weighted by molar-refractivity contribution is 6.03. The smallest absolute Gasteiger partial charge is 0.234 e. The van der Waals surface area contributed by atoms with Gasteiger partial charge in [0.2, 0.25) is 5.91 Å². The van der Waals surface area contributed by atoms with Crippen molar-refractivity contribution in [3.63, 3.8) is 0 Å². The van der Waals surface area contributed by atoms with E-state index >= 15 is 0 Å². The maximum absolute atomic E-state index is 13.3. The fraction of sp³-hybridized carbons (Fsp3) is 0.368. The maximum atomic E-state index is 13.3. The Bertz CT molecular complexity index is 802. The Labute approximate surface area is 144 Å². The molecule has 2 bridgehead atoms. The minimum Gasteiger partial charge on any atom is -0.550 e. The van der Waals surface area contributed by atoms with E-state index in [-0.39, 0.29) is 5.91 Å². The zero-order valence-corrected chi connectivity index (χ0v) is 13.6. The van der Waals surface area contributed by atoms with Crippen LogP contribution >= 0.6 is 0 Å². The van der Waals surface area contributed by atoms with Crippen LogP contribution in [0.1, 0.15) is 13.3 Å². The number of carbonyl (C=O) groups is 2. The van der Waals surface area contributed by atoms with Gasteiger partial charge < -0.3 is 19.5 Å². The van der Waals surface area contributed by atoms with Crippen molar-refractivity contribution in [2.75, 3.05) is 4.90 Å². The normalized spacial score (nSPS) is 35.3. The average Bonchev–Trinajstić information content (AvgIpc) is 3.18. The summed E-state index contributed by atoms with van der Waals surface area (Å²) in [5.74, 6) is -3.89. The van der Waals surface area contributed by atoms with Crippen molar-refractivity contribution in [2.24, 2.45) is 11.8 Å². The first-order chi connectivity index (χ1) is 11.8. The molecule has 2 fully saturated rings. The predicted octanol–water partition coefficient (Wildman–Crippen LogP) is 1.20. The van der Waals surface area contributed by atoms with Crippen LogP contribution in [0.4, 0.5) is 10.1 Å². The molecule has 1 spiro atoms. The minimum absolute atomic E-state index is 0.334. The molecule has 3 heterocycles. The third-order valence-corrected chi connectivity index (χ3v) is 5.34. The van der Waals surface area contributed by atoms with Crippen LogP contribution in [0.2, 0.25) is 0 Å². The first-order valence-corrected chi connectivity index (χ1v) is 8.16. The molecule has 3 aliphatic heterocycles. The topological polar surface area (TPSA) is 69.7 Å². The maximum Gasteiger partial charge on any atom is 0.234 e. The standard InChI is InChI=1S/C19H18FNO4/c1-10(2)9-14-19-8-7-13(25-19)15(18(23)24)16(19)17(22)21(14)12-5-3-11(20)4-6-12/h3-8,13-16H,1,9H2,2H3,(H,23,24)/p-1/t13-,14+,15+,16-,19-/m1/s1. The fourth-order valence-corrected chi connectivity index (χ4v) is 4.41. The van der Waals surface area contributed by atoms with Gasteiger partial charge in [0.05, 0.1) is 18.1 Å². The Morgan fingerprint density at radius 2 is 2.08 bits per heavy atom. The molecule has 0 aromatic heterocycles. The van der Waals surface area contributed by atoms with Crippen LogP contribution in [0.15, 0.2) is 48.6 Å². The van der Waals surface area contributed by atoms with Crippen molar-refractivity contribution < 1.29 is 23.8 Å². The molecule has 0 unspecified atom stereocenters. The summed E-state index contributed by atoms with van der Waals surface area (Å²) in [6, 6.07) is 5.15. The second-order valence-electron chi connectivity index (χ2n) is 6.98. The third-order valence-electron chi connectivity index (χ3n) is 5.34. The van der Waals surface area contributed by atoms with Gasteiger partial charge in [0, 0.05) is 17.6 Å². The van der Waals surface area contributed by atoms with Gasteiger partial charge in [-0.1, -0.05) is 17.7 Å². The van der Waals surface area contributed by atoms with Gasteiger partial charge in [0.1, 0.15) is 11.4 Å². The van der Waals surface area contributed by atoms with Crippen LogP contribution in [0.25, 0.3) is 0 Å². The van der Waals surface area contributed by atoms with Gasteiger partial charge in [0.15, 0.2) is 0 Å². The van der Waals surface area contributed by atoms with E-state index in [9.17, 15) is 19.1 Å². The van der Waals surface area contributed by atoms with Gasteiger partial charge >= 0.3 is 0 Å². The Morgan fingerprint density at radius 3 is 2.68 bits per heavy atom. The van der Waals surface area contributed by atoms with Crippen molar-refractivity contribution in [3.05, 3.63) is 54.4 Å². The lowest BCUT2D eigenvalue weighted by Crippen LogP contribution is -2.46. The summed E-state index contributed by atoms with van der Waals surface area (Å²) in [7, 11) is 0. The van der Waals surface area contributed by atoms with Crippen molar-refractivity contribution in [2.45, 2.75) is 31.1 Å². The van der Waals surface area contributed by atoms with Crippen LogP contribution in [-0.4, -0.2) is 29.6 Å². The van der Waals surface area contributed by atoms with E-state index in [1.165, 1.54) is 29.2 Å². The summed E-state index contributed by atoms with van der Waals surface area (Å²) in [6.07, 6.45) is 3.30. The number of halogens is 1. The molecule has 2 saturated heterocycles. The number of carboxylic acids is 1. The van der Waals surface area contributed by atoms with Crippen molar-refractivity contribution in [3.8, 4) is 0 Å². The molecule has 1 amide bonds. The fourth-order valence-electron chi connectivity index (χ4n) is 4.41. The number of amides is 1. The molecule has 3 aliphatic rings. The van der Waals surface area contributed by atoms with Crippen molar-refractivity contribution >= 4 is 17.6 Å². The van der Waals surface area contributed by atoms with Crippen LogP contribution in [0.3, 0.4) is 0 Å². The summed E-state index contributed by atoms with van der Waals surface area (Å²) >= 11 is 0. The Hall–Kier alpha value is -2.47. The Balaban J connectivity index is 1.84. The zero-order chi connectivity index (χ0) is 17.9. The summed E-state index contributed by atoms with van der Waals surface area (Å²) in [5, 5.41) is 11.6. The van der Waals surface area contributed by atoms with Crippen molar-refractivity contribution in [1.82, 2.24) is 0 Å². The largest absolute Gasteiger partial charge is 0.550 e. The van der Waals surface area contributed by atoms with Gasteiger partial charge in [-0.15, -0.1) is 6.58 Å². The molecule has 25 heavy (non-hydrogen) atoms. The first-order valence-electron chi connectivity index (χ1n) is 8.16. The van der Waals surface area contributed by atoms with E-state index in [1.807, 2.05) is 6.92 Å². The van der Waals surface area contributed by atoms with E-state index in [0.29, 0.717) is 12.1 Å². The SMILES string of the molecule is C=C(C)C[C@@H]1N(c2ccc(F)cc2)C(=O)[C@H]2[C@@H](C(=O)[O-])[C@H]3C=C[C@@]12O3. The number of aliphatic carboxylic acids is 1. The van der Waals surface area contributed by atoms with Crippen LogP contribution in [-0.2, 0) is 14.3 Å². The van der Waals surface area contributed by atoms with E-state index in [2.05, 4.69) is 6.58 Å². The number of rotatable bonds is 4. The molecular weight excluding hydrogens is 325 g/mol. The molecule has 6 heteroatoms. The summed E-state index contributed by atoms with van der Waals surface area (Å²) < 4.78 is 19.3. The predicted molar refractivity (Wildman–Crippen MR) is 85.8 cm³/mol. The van der Waals surface area contributed by atoms with E-state index in [1.54, 1.807) is 12.2 Å². The van der Waals surface area contributed by atoms with Crippen LogP contribution in [0, 0.1) is 17.7 Å². The molecular formula is C19H17FNO4-. The first kappa shape index (κ1) is 16.0. The van der Waals surface area contributed by atoms with Gasteiger partial charge in [-0.25, -0.2) is 4.39 Å². The third kappa shape index (κ3) is 2.10. The number of fused-ring (bicyclic) bond motifs is 1. The Morgan fingerprint density at radius 1 is 1.40 bits per heavy atom. The lowest BCUT2D eigenvalue weighted by molar-refractivity contribution is -0.313. The number of hydrogen-bond acceptors (Lipinski definition) is 4. The number of anilines is 1. The highest BCUT2D eigenvalue weighted by atomic mass is 19.1. The molecule has 1 aromatic rings. The Kier molecular flexibility index (Phi) is 3.37. The molecule has 0 saturated carbocycles. The quantitative estimate of drug-likeness (QED) is 0.771. The van der Waals surface area contributed by atoms with Gasteiger partial charge in [-0.05, 0) is 37.6 Å². The monoisotopic (exact) mass is 342 g/mol. The molecule has 130 valence electrons. The second-order valence-corrected chi connectivity index (χ2v) is 6.98. The van der Waals surface area contributed by atoms with Gasteiger partial charge in [0.25, 0.3) is 0 Å². The number of carboxylic acid groups (broad SMARTS) is 1. The summed E-state index contributed by atoms with van der Waals surface area (Å²) in [5.41, 5.74) is 0.344. The van der Waals surface area contributed by atoms with Crippen LogP contribution < -0.4 is 10.0 Å². The molecule has 0 N–H and O–H groups in total. The van der Waals surface area contributed by atoms with Gasteiger partial charge in [-0.3, -0.25) is 4.79 Å². The molecule has 4 rings (SSSR count). The number of ether oxygens (including phenoxy) is 1. The number of carbonyl (C=O) groups excluding carboxylic acids is 2. The number of hydrogen-bond donors (Lipinski definition) is 0. The highest BCUT2D eigenvalue weighted by Gasteiger charge is 2.69. The molecule has 5 nitrogen and oxygen atoms in total. The van der Waals surface area contributed by atoms with Crippen LogP contribution in [0.5, 0.6) is 0 Å². The molecule has 0 aliphatic carbocycles.